The number of anilines is 1. The number of H-pyrrole nitrogens is 2. The number of rotatable bonds is 6. The van der Waals surface area contributed by atoms with Gasteiger partial charge in [0.05, 0.1) is 6.54 Å². The SMILES string of the molecule is O=S(=O)(c1ccc(NCCc2c[nH]c3ccccc23)[nH+]c1)N1CCCCC1. The molecule has 142 valence electrons. The monoisotopic (exact) mass is 385 g/mol. The van der Waals surface area contributed by atoms with Crippen LogP contribution < -0.4 is 10.3 Å². The van der Waals surface area contributed by atoms with E-state index in [4.69, 9.17) is 0 Å². The van der Waals surface area contributed by atoms with E-state index >= 15 is 0 Å². The van der Waals surface area contributed by atoms with E-state index in [0.717, 1.165) is 43.6 Å². The lowest BCUT2D eigenvalue weighted by atomic mass is 10.1. The van der Waals surface area contributed by atoms with Gasteiger partial charge in [0.1, 0.15) is 11.1 Å². The van der Waals surface area contributed by atoms with Gasteiger partial charge in [0.25, 0.3) is 5.82 Å². The van der Waals surface area contributed by atoms with Crippen molar-refractivity contribution in [3.8, 4) is 0 Å². The first-order valence-corrected chi connectivity index (χ1v) is 10.9. The van der Waals surface area contributed by atoms with Crippen molar-refractivity contribution in [2.75, 3.05) is 25.0 Å². The third kappa shape index (κ3) is 3.84. The second kappa shape index (κ2) is 7.70. The molecule has 7 heteroatoms. The molecule has 1 fully saturated rings. The molecule has 6 nitrogen and oxygen atoms in total. The van der Waals surface area contributed by atoms with E-state index in [9.17, 15) is 8.42 Å². The first-order valence-electron chi connectivity index (χ1n) is 9.45. The second-order valence-corrected chi connectivity index (χ2v) is 8.88. The molecule has 0 spiro atoms. The molecule has 0 radical (unpaired) electrons. The lowest BCUT2D eigenvalue weighted by Gasteiger charge is -2.25. The van der Waals surface area contributed by atoms with Crippen LogP contribution in [0, 0.1) is 0 Å². The summed E-state index contributed by atoms with van der Waals surface area (Å²) in [5, 5.41) is 4.57. The van der Waals surface area contributed by atoms with Crippen molar-refractivity contribution in [3.05, 3.63) is 54.4 Å². The number of fused-ring (bicyclic) bond motifs is 1. The van der Waals surface area contributed by atoms with Crippen LogP contribution in [0.4, 0.5) is 5.82 Å². The number of piperidine rings is 1. The summed E-state index contributed by atoms with van der Waals surface area (Å²) in [6.45, 7) is 2.00. The normalized spacial score (nSPS) is 15.9. The molecule has 1 aliphatic heterocycles. The van der Waals surface area contributed by atoms with Crippen LogP contribution in [0.5, 0.6) is 0 Å². The Morgan fingerprint density at radius 2 is 1.89 bits per heavy atom. The van der Waals surface area contributed by atoms with Crippen LogP contribution in [-0.2, 0) is 16.4 Å². The average Bonchev–Trinajstić information content (AvgIpc) is 3.12. The summed E-state index contributed by atoms with van der Waals surface area (Å²) < 4.78 is 26.9. The van der Waals surface area contributed by atoms with E-state index in [1.165, 1.54) is 10.9 Å². The highest BCUT2D eigenvalue weighted by Crippen LogP contribution is 2.20. The van der Waals surface area contributed by atoms with Gasteiger partial charge >= 0.3 is 0 Å². The Bertz CT molecular complexity index is 1010. The zero-order valence-electron chi connectivity index (χ0n) is 15.2. The molecule has 0 unspecified atom stereocenters. The number of nitrogens with zero attached hydrogens (tertiary/aromatic N) is 1. The molecule has 0 saturated carbocycles. The second-order valence-electron chi connectivity index (χ2n) is 6.94. The molecule has 0 aliphatic carbocycles. The third-order valence-electron chi connectivity index (χ3n) is 5.12. The first kappa shape index (κ1) is 18.0. The minimum atomic E-state index is -3.39. The van der Waals surface area contributed by atoms with Crippen molar-refractivity contribution < 1.29 is 13.4 Å². The molecular weight excluding hydrogens is 360 g/mol. The summed E-state index contributed by atoms with van der Waals surface area (Å²) in [5.41, 5.74) is 2.41. The van der Waals surface area contributed by atoms with Gasteiger partial charge in [-0.1, -0.05) is 24.6 Å². The molecule has 0 atom stereocenters. The van der Waals surface area contributed by atoms with E-state index in [1.807, 2.05) is 18.3 Å². The van der Waals surface area contributed by atoms with Crippen LogP contribution >= 0.6 is 0 Å². The molecule has 1 aliphatic rings. The summed E-state index contributed by atoms with van der Waals surface area (Å²) in [7, 11) is -3.39. The van der Waals surface area contributed by atoms with Crippen molar-refractivity contribution in [3.63, 3.8) is 0 Å². The number of aromatic amines is 2. The van der Waals surface area contributed by atoms with Crippen LogP contribution in [0.1, 0.15) is 24.8 Å². The maximum atomic E-state index is 12.7. The number of sulfonamides is 1. The Morgan fingerprint density at radius 1 is 1.07 bits per heavy atom. The van der Waals surface area contributed by atoms with E-state index in [2.05, 4.69) is 27.4 Å². The van der Waals surface area contributed by atoms with Gasteiger partial charge < -0.3 is 4.98 Å². The molecular formula is C20H25N4O2S+. The van der Waals surface area contributed by atoms with Crippen LogP contribution in [0.3, 0.4) is 0 Å². The number of hydrogen-bond acceptors (Lipinski definition) is 3. The van der Waals surface area contributed by atoms with E-state index in [1.54, 1.807) is 22.6 Å². The van der Waals surface area contributed by atoms with Gasteiger partial charge in [-0.3, -0.25) is 5.32 Å². The van der Waals surface area contributed by atoms with E-state index < -0.39 is 10.0 Å². The fourth-order valence-corrected chi connectivity index (χ4v) is 5.09. The Hall–Kier alpha value is -2.38. The number of aromatic nitrogens is 2. The Labute approximate surface area is 159 Å². The molecule has 0 amide bonds. The van der Waals surface area contributed by atoms with Crippen LogP contribution in [-0.4, -0.2) is 37.3 Å². The predicted molar refractivity (Wildman–Crippen MR) is 106 cm³/mol. The van der Waals surface area contributed by atoms with Gasteiger partial charge in [0.15, 0.2) is 0 Å². The standard InChI is InChI=1S/C20H24N4O2S/c25-27(26,24-12-4-1-5-13-24)17-8-9-20(23-15-17)21-11-10-16-14-22-19-7-3-2-6-18(16)19/h2-3,6-9,14-15,22H,1,4-5,10-13H2,(H,21,23)/p+1. The van der Waals surface area contributed by atoms with Gasteiger partial charge in [-0.05, 0) is 30.5 Å². The first-order chi connectivity index (χ1) is 13.1. The van der Waals surface area contributed by atoms with Gasteiger partial charge in [-0.2, -0.15) is 4.31 Å². The molecule has 3 heterocycles. The van der Waals surface area contributed by atoms with Gasteiger partial charge in [0, 0.05) is 42.7 Å². The van der Waals surface area contributed by atoms with Crippen molar-refractivity contribution in [2.24, 2.45) is 0 Å². The topological polar surface area (TPSA) is 79.3 Å². The molecule has 2 aromatic heterocycles. The third-order valence-corrected chi connectivity index (χ3v) is 7.02. The predicted octanol–water partition coefficient (Wildman–Crippen LogP) is 2.81. The molecule has 3 aromatic rings. The highest BCUT2D eigenvalue weighted by atomic mass is 32.2. The summed E-state index contributed by atoms with van der Waals surface area (Å²) in [6, 6.07) is 11.7. The summed E-state index contributed by atoms with van der Waals surface area (Å²) >= 11 is 0. The average molecular weight is 386 g/mol. The number of nitrogens with one attached hydrogen (secondary N) is 3. The van der Waals surface area contributed by atoms with E-state index in [-0.39, 0.29) is 0 Å². The van der Waals surface area contributed by atoms with E-state index in [0.29, 0.717) is 18.0 Å². The maximum Gasteiger partial charge on any atom is 0.272 e. The quantitative estimate of drug-likeness (QED) is 0.685. The summed E-state index contributed by atoms with van der Waals surface area (Å²) in [5.74, 6) is 0.812. The summed E-state index contributed by atoms with van der Waals surface area (Å²) in [6.07, 6.45) is 7.50. The Morgan fingerprint density at radius 3 is 2.67 bits per heavy atom. The minimum absolute atomic E-state index is 0.326. The molecule has 4 rings (SSSR count). The van der Waals surface area contributed by atoms with Gasteiger partial charge in [0.2, 0.25) is 10.0 Å². The number of benzene rings is 1. The zero-order valence-corrected chi connectivity index (χ0v) is 16.1. The van der Waals surface area contributed by atoms with Gasteiger partial charge in [-0.25, -0.2) is 13.4 Å². The van der Waals surface area contributed by atoms with Crippen molar-refractivity contribution in [1.82, 2.24) is 9.29 Å². The lowest BCUT2D eigenvalue weighted by Crippen LogP contribution is -2.36. The van der Waals surface area contributed by atoms with Crippen molar-refractivity contribution in [2.45, 2.75) is 30.6 Å². The highest BCUT2D eigenvalue weighted by Gasteiger charge is 2.26. The molecule has 0 bridgehead atoms. The van der Waals surface area contributed by atoms with Gasteiger partial charge in [-0.15, -0.1) is 0 Å². The fourth-order valence-electron chi connectivity index (χ4n) is 3.61. The largest absolute Gasteiger partial charge is 0.361 e. The van der Waals surface area contributed by atoms with Crippen LogP contribution in [0.2, 0.25) is 0 Å². The minimum Gasteiger partial charge on any atom is -0.361 e. The molecule has 1 aromatic carbocycles. The maximum absolute atomic E-state index is 12.7. The molecule has 27 heavy (non-hydrogen) atoms. The Balaban J connectivity index is 1.38. The highest BCUT2D eigenvalue weighted by molar-refractivity contribution is 7.89. The van der Waals surface area contributed by atoms with Crippen molar-refractivity contribution in [1.29, 1.82) is 0 Å². The van der Waals surface area contributed by atoms with Crippen molar-refractivity contribution >= 4 is 26.7 Å². The zero-order chi connectivity index (χ0) is 18.7. The fraction of sp³-hybridized carbons (Fsp3) is 0.350. The number of hydrogen-bond donors (Lipinski definition) is 2. The van der Waals surface area contributed by atoms with Crippen LogP contribution in [0.25, 0.3) is 10.9 Å². The molecule has 3 N–H and O–H groups in total. The number of para-hydroxylation sites is 1. The lowest BCUT2D eigenvalue weighted by molar-refractivity contribution is -0.364. The number of pyridine rings is 1. The summed E-state index contributed by atoms with van der Waals surface area (Å²) in [4.78, 5) is 6.69. The van der Waals surface area contributed by atoms with Crippen LogP contribution in [0.15, 0.2) is 53.7 Å². The molecule has 1 saturated heterocycles. The smallest absolute Gasteiger partial charge is 0.272 e. The Kier molecular flexibility index (Phi) is 5.13.